The van der Waals surface area contributed by atoms with Crippen LogP contribution in [0.15, 0.2) is 12.4 Å². The third-order valence-corrected chi connectivity index (χ3v) is 4.11. The molecule has 0 aromatic carbocycles. The van der Waals surface area contributed by atoms with Crippen molar-refractivity contribution in [2.45, 2.75) is 12.8 Å². The SMILES string of the molecule is O=C1NCCCOCCOCCOCCCNC(=O)c2cnc([nH]2)-c2ncc1[nH]2. The molecule has 2 amide bonds. The first-order chi connectivity index (χ1) is 14.2. The first kappa shape index (κ1) is 21.0. The van der Waals surface area contributed by atoms with Crippen LogP contribution in [0.2, 0.25) is 0 Å². The second-order valence-electron chi connectivity index (χ2n) is 6.35. The number of fused-ring (bicyclic) bond motifs is 5. The number of aromatic amines is 2. The van der Waals surface area contributed by atoms with Gasteiger partial charge in [0.15, 0.2) is 11.6 Å². The lowest BCUT2D eigenvalue weighted by Crippen LogP contribution is -2.25. The number of carbonyl (C=O) groups excluding carboxylic acids is 2. The van der Waals surface area contributed by atoms with E-state index in [9.17, 15) is 9.59 Å². The van der Waals surface area contributed by atoms with Crippen molar-refractivity contribution in [3.8, 4) is 11.6 Å². The Morgan fingerprint density at radius 2 is 1.07 bits per heavy atom. The van der Waals surface area contributed by atoms with Crippen LogP contribution in [0.3, 0.4) is 0 Å². The average molecular weight is 406 g/mol. The number of ether oxygens (including phenoxy) is 3. The molecule has 0 aliphatic carbocycles. The first-order valence-corrected chi connectivity index (χ1v) is 9.64. The van der Waals surface area contributed by atoms with Crippen LogP contribution in [0.5, 0.6) is 0 Å². The zero-order valence-corrected chi connectivity index (χ0v) is 16.2. The summed E-state index contributed by atoms with van der Waals surface area (Å²) in [6.45, 7) is 4.00. The molecule has 11 heteroatoms. The van der Waals surface area contributed by atoms with Crippen molar-refractivity contribution < 1.29 is 23.8 Å². The second-order valence-corrected chi connectivity index (χ2v) is 6.35. The minimum atomic E-state index is -0.269. The van der Waals surface area contributed by atoms with Crippen LogP contribution in [0.25, 0.3) is 11.6 Å². The Balaban J connectivity index is 1.59. The lowest BCUT2D eigenvalue weighted by molar-refractivity contribution is 0.0139. The summed E-state index contributed by atoms with van der Waals surface area (Å²) < 4.78 is 16.3. The predicted octanol–water partition coefficient (Wildman–Crippen LogP) is 0.103. The molecule has 3 rings (SSSR count). The van der Waals surface area contributed by atoms with E-state index in [1.165, 1.54) is 12.4 Å². The number of carbonyl (C=O) groups is 2. The van der Waals surface area contributed by atoms with E-state index in [0.717, 1.165) is 0 Å². The molecule has 0 fully saturated rings. The van der Waals surface area contributed by atoms with E-state index in [4.69, 9.17) is 14.2 Å². The van der Waals surface area contributed by atoms with E-state index >= 15 is 0 Å². The van der Waals surface area contributed by atoms with Crippen molar-refractivity contribution in [2.24, 2.45) is 0 Å². The van der Waals surface area contributed by atoms with Gasteiger partial charge in [0, 0.05) is 26.3 Å². The molecule has 0 atom stereocenters. The quantitative estimate of drug-likeness (QED) is 0.486. The summed E-state index contributed by atoms with van der Waals surface area (Å²) in [5.41, 5.74) is 0.630. The average Bonchev–Trinajstić information content (AvgIpc) is 3.39. The highest BCUT2D eigenvalue weighted by molar-refractivity contribution is 5.93. The molecule has 1 aliphatic rings. The van der Waals surface area contributed by atoms with Crippen molar-refractivity contribution in [1.82, 2.24) is 30.6 Å². The maximum absolute atomic E-state index is 12.2. The van der Waals surface area contributed by atoms with Crippen molar-refractivity contribution >= 4 is 11.8 Å². The molecule has 4 bridgehead atoms. The Morgan fingerprint density at radius 3 is 1.52 bits per heavy atom. The summed E-state index contributed by atoms with van der Waals surface area (Å²) in [6.07, 6.45) is 4.23. The third kappa shape index (κ3) is 6.66. The van der Waals surface area contributed by atoms with E-state index in [0.29, 0.717) is 88.6 Å². The molecule has 4 N–H and O–H groups in total. The molecule has 3 heterocycles. The monoisotopic (exact) mass is 406 g/mol. The lowest BCUT2D eigenvalue weighted by atomic mass is 10.4. The van der Waals surface area contributed by atoms with E-state index in [2.05, 4.69) is 30.6 Å². The topological polar surface area (TPSA) is 143 Å². The van der Waals surface area contributed by atoms with E-state index in [1.807, 2.05) is 0 Å². The molecule has 0 saturated heterocycles. The zero-order chi connectivity index (χ0) is 20.3. The van der Waals surface area contributed by atoms with Gasteiger partial charge in [0.25, 0.3) is 11.8 Å². The number of nitrogens with one attached hydrogen (secondary N) is 4. The highest BCUT2D eigenvalue weighted by Gasteiger charge is 2.15. The number of hydrogen-bond donors (Lipinski definition) is 4. The maximum atomic E-state index is 12.2. The van der Waals surface area contributed by atoms with Gasteiger partial charge in [-0.1, -0.05) is 0 Å². The summed E-state index contributed by atoms with van der Waals surface area (Å²) in [7, 11) is 0. The normalized spacial score (nSPS) is 18.6. The molecule has 11 nitrogen and oxygen atoms in total. The number of imidazole rings is 2. The molecule has 29 heavy (non-hydrogen) atoms. The minimum absolute atomic E-state index is 0.269. The molecule has 2 aromatic heterocycles. The standard InChI is InChI=1S/C18H26N6O5/c25-17-13-11-21-15(23-13)16-22-12-14(24-16)18(26)20-4-2-6-28-8-10-29-9-7-27-5-1-3-19-17/h11-12H,1-10H2,(H,19,25)(H,20,26)(H,21,23)(H,22,24). The molecule has 0 unspecified atom stereocenters. The molecule has 0 spiro atoms. The van der Waals surface area contributed by atoms with Crippen molar-refractivity contribution in [3.05, 3.63) is 23.8 Å². The smallest absolute Gasteiger partial charge is 0.269 e. The van der Waals surface area contributed by atoms with E-state index in [-0.39, 0.29) is 11.8 Å². The van der Waals surface area contributed by atoms with Gasteiger partial charge in [0.1, 0.15) is 11.4 Å². The van der Waals surface area contributed by atoms with Crippen LogP contribution in [-0.2, 0) is 14.2 Å². The van der Waals surface area contributed by atoms with Crippen LogP contribution in [0.4, 0.5) is 0 Å². The Hall–Kier alpha value is -2.76. The van der Waals surface area contributed by atoms with Gasteiger partial charge in [-0.2, -0.15) is 0 Å². The summed E-state index contributed by atoms with van der Waals surface area (Å²) in [4.78, 5) is 38.5. The minimum Gasteiger partial charge on any atom is -0.379 e. The molecular formula is C18H26N6O5. The number of nitrogens with zero attached hydrogens (tertiary/aromatic N) is 2. The van der Waals surface area contributed by atoms with Gasteiger partial charge in [0.05, 0.1) is 38.8 Å². The predicted molar refractivity (Wildman–Crippen MR) is 103 cm³/mol. The van der Waals surface area contributed by atoms with Gasteiger partial charge in [-0.15, -0.1) is 0 Å². The summed E-state index contributed by atoms with van der Waals surface area (Å²) in [5.74, 6) is 0.221. The number of aromatic nitrogens is 4. The van der Waals surface area contributed by atoms with Crippen molar-refractivity contribution in [2.75, 3.05) is 52.7 Å². The molecule has 1 aliphatic heterocycles. The van der Waals surface area contributed by atoms with Gasteiger partial charge in [-0.25, -0.2) is 9.97 Å². The number of H-pyrrole nitrogens is 2. The fourth-order valence-corrected chi connectivity index (χ4v) is 2.60. The molecule has 0 radical (unpaired) electrons. The molecule has 2 aromatic rings. The van der Waals surface area contributed by atoms with Crippen LogP contribution >= 0.6 is 0 Å². The highest BCUT2D eigenvalue weighted by Crippen LogP contribution is 2.12. The summed E-state index contributed by atoms with van der Waals surface area (Å²) >= 11 is 0. The highest BCUT2D eigenvalue weighted by atomic mass is 16.5. The van der Waals surface area contributed by atoms with Crippen molar-refractivity contribution in [1.29, 1.82) is 0 Å². The largest absolute Gasteiger partial charge is 0.379 e. The molecular weight excluding hydrogens is 380 g/mol. The Bertz CT molecular complexity index is 725. The third-order valence-electron chi connectivity index (χ3n) is 4.11. The fraction of sp³-hybridized carbons (Fsp3) is 0.556. The molecule has 0 saturated carbocycles. The second kappa shape index (κ2) is 11.3. The first-order valence-electron chi connectivity index (χ1n) is 9.64. The maximum Gasteiger partial charge on any atom is 0.269 e. The zero-order valence-electron chi connectivity index (χ0n) is 16.2. The van der Waals surface area contributed by atoms with Crippen LogP contribution < -0.4 is 10.6 Å². The van der Waals surface area contributed by atoms with Gasteiger partial charge >= 0.3 is 0 Å². The van der Waals surface area contributed by atoms with Gasteiger partial charge < -0.3 is 34.8 Å². The lowest BCUT2D eigenvalue weighted by Gasteiger charge is -2.07. The summed E-state index contributed by atoms with van der Waals surface area (Å²) in [5, 5.41) is 5.59. The van der Waals surface area contributed by atoms with Crippen LogP contribution in [0.1, 0.15) is 33.8 Å². The number of amides is 2. The van der Waals surface area contributed by atoms with Gasteiger partial charge in [-0.05, 0) is 12.8 Å². The number of hydrogen-bond acceptors (Lipinski definition) is 7. The Labute approximate surface area is 167 Å². The summed E-state index contributed by atoms with van der Waals surface area (Å²) in [6, 6.07) is 0. The Kier molecular flexibility index (Phi) is 8.16. The van der Waals surface area contributed by atoms with E-state index < -0.39 is 0 Å². The van der Waals surface area contributed by atoms with Gasteiger partial charge in [-0.3, -0.25) is 9.59 Å². The number of rotatable bonds is 0. The van der Waals surface area contributed by atoms with E-state index in [1.54, 1.807) is 0 Å². The fourth-order valence-electron chi connectivity index (χ4n) is 2.60. The van der Waals surface area contributed by atoms with Crippen LogP contribution in [0, 0.1) is 0 Å². The van der Waals surface area contributed by atoms with Crippen molar-refractivity contribution in [3.63, 3.8) is 0 Å². The Morgan fingerprint density at radius 1 is 0.655 bits per heavy atom. The molecule has 158 valence electrons. The van der Waals surface area contributed by atoms with Crippen LogP contribution in [-0.4, -0.2) is 84.5 Å². The van der Waals surface area contributed by atoms with Gasteiger partial charge in [0.2, 0.25) is 0 Å².